The second-order valence-corrected chi connectivity index (χ2v) is 5.01. The van der Waals surface area contributed by atoms with Crippen LogP contribution < -0.4 is 10.6 Å². The van der Waals surface area contributed by atoms with Crippen LogP contribution in [0.3, 0.4) is 0 Å². The molecule has 0 aromatic heterocycles. The van der Waals surface area contributed by atoms with Gasteiger partial charge in [-0.25, -0.2) is 4.39 Å². The number of rotatable bonds is 5. The molecule has 1 amide bonds. The van der Waals surface area contributed by atoms with Gasteiger partial charge in [0.25, 0.3) is 0 Å². The molecule has 3 nitrogen and oxygen atoms in total. The van der Waals surface area contributed by atoms with Crippen LogP contribution >= 0.6 is 0 Å². The number of halogens is 1. The van der Waals surface area contributed by atoms with E-state index in [1.165, 1.54) is 17.0 Å². The second kappa shape index (κ2) is 6.99. The number of carbonyl (C=O) groups is 1. The van der Waals surface area contributed by atoms with Crippen LogP contribution in [0.4, 0.5) is 10.1 Å². The fourth-order valence-corrected chi connectivity index (χ4v) is 2.15. The van der Waals surface area contributed by atoms with Gasteiger partial charge < -0.3 is 10.6 Å². The minimum absolute atomic E-state index is 0.212. The zero-order chi connectivity index (χ0) is 15.2. The molecule has 110 valence electrons. The Labute approximate surface area is 124 Å². The van der Waals surface area contributed by atoms with Crippen molar-refractivity contribution in [3.63, 3.8) is 0 Å². The van der Waals surface area contributed by atoms with E-state index in [1.807, 2.05) is 30.3 Å². The van der Waals surface area contributed by atoms with Gasteiger partial charge in [-0.3, -0.25) is 4.79 Å². The Hall–Kier alpha value is -2.20. The van der Waals surface area contributed by atoms with E-state index >= 15 is 0 Å². The summed E-state index contributed by atoms with van der Waals surface area (Å²) in [6.07, 6.45) is 1.30. The summed E-state index contributed by atoms with van der Waals surface area (Å²) in [5.74, 6) is -0.582. The van der Waals surface area contributed by atoms with Crippen molar-refractivity contribution in [1.82, 2.24) is 0 Å². The third kappa shape index (κ3) is 4.13. The van der Waals surface area contributed by atoms with Crippen molar-refractivity contribution in [2.75, 3.05) is 11.9 Å². The third-order valence-corrected chi connectivity index (χ3v) is 3.43. The van der Waals surface area contributed by atoms with Crippen LogP contribution in [0.15, 0.2) is 54.6 Å². The first-order valence-corrected chi connectivity index (χ1v) is 6.90. The zero-order valence-electron chi connectivity index (χ0n) is 12.0. The van der Waals surface area contributed by atoms with E-state index in [4.69, 9.17) is 5.73 Å². The Morgan fingerprint density at radius 1 is 1.19 bits per heavy atom. The van der Waals surface area contributed by atoms with E-state index in [9.17, 15) is 9.18 Å². The standard InChI is InChI=1S/C17H19FN2O/c1-20(15-9-5-8-14(18)12-15)17(21)16(19)11-10-13-6-3-2-4-7-13/h2-9,12,16H,10-11,19H2,1H3. The first-order valence-electron chi connectivity index (χ1n) is 6.90. The summed E-state index contributed by atoms with van der Waals surface area (Å²) in [5.41, 5.74) is 7.61. The van der Waals surface area contributed by atoms with Crippen LogP contribution in [-0.2, 0) is 11.2 Å². The predicted octanol–water partition coefficient (Wildman–Crippen LogP) is 2.75. The summed E-state index contributed by atoms with van der Waals surface area (Å²) in [5, 5.41) is 0. The summed E-state index contributed by atoms with van der Waals surface area (Å²) in [4.78, 5) is 13.7. The number of aryl methyl sites for hydroxylation is 1. The molecule has 0 aliphatic rings. The highest BCUT2D eigenvalue weighted by molar-refractivity contribution is 5.96. The van der Waals surface area contributed by atoms with Gasteiger partial charge in [-0.15, -0.1) is 0 Å². The fourth-order valence-electron chi connectivity index (χ4n) is 2.15. The van der Waals surface area contributed by atoms with Crippen LogP contribution in [-0.4, -0.2) is 19.0 Å². The average Bonchev–Trinajstić information content (AvgIpc) is 2.52. The van der Waals surface area contributed by atoms with E-state index in [-0.39, 0.29) is 11.7 Å². The largest absolute Gasteiger partial charge is 0.320 e. The van der Waals surface area contributed by atoms with Gasteiger partial charge in [0.05, 0.1) is 6.04 Å². The maximum absolute atomic E-state index is 13.2. The highest BCUT2D eigenvalue weighted by Crippen LogP contribution is 2.15. The molecule has 1 atom stereocenters. The smallest absolute Gasteiger partial charge is 0.243 e. The molecule has 0 heterocycles. The van der Waals surface area contributed by atoms with E-state index in [1.54, 1.807) is 19.2 Å². The summed E-state index contributed by atoms with van der Waals surface area (Å²) < 4.78 is 13.2. The zero-order valence-corrected chi connectivity index (χ0v) is 12.0. The highest BCUT2D eigenvalue weighted by Gasteiger charge is 2.19. The Bertz CT molecular complexity index is 601. The van der Waals surface area contributed by atoms with Gasteiger partial charge in [-0.05, 0) is 36.6 Å². The molecular weight excluding hydrogens is 267 g/mol. The minimum Gasteiger partial charge on any atom is -0.320 e. The van der Waals surface area contributed by atoms with Gasteiger partial charge in [0.2, 0.25) is 5.91 Å². The van der Waals surface area contributed by atoms with Gasteiger partial charge in [-0.1, -0.05) is 36.4 Å². The van der Waals surface area contributed by atoms with E-state index in [2.05, 4.69) is 0 Å². The number of hydrogen-bond acceptors (Lipinski definition) is 2. The lowest BCUT2D eigenvalue weighted by Gasteiger charge is -2.21. The van der Waals surface area contributed by atoms with Crippen molar-refractivity contribution in [2.45, 2.75) is 18.9 Å². The van der Waals surface area contributed by atoms with Crippen molar-refractivity contribution in [1.29, 1.82) is 0 Å². The Kier molecular flexibility index (Phi) is 5.06. The molecule has 2 aromatic rings. The number of carbonyl (C=O) groups excluding carboxylic acids is 1. The van der Waals surface area contributed by atoms with Gasteiger partial charge >= 0.3 is 0 Å². The number of nitrogens with two attached hydrogens (primary N) is 1. The van der Waals surface area contributed by atoms with Crippen LogP contribution in [0.25, 0.3) is 0 Å². The molecule has 0 radical (unpaired) electrons. The lowest BCUT2D eigenvalue weighted by molar-refractivity contribution is -0.119. The number of benzene rings is 2. The lowest BCUT2D eigenvalue weighted by Crippen LogP contribution is -2.42. The quantitative estimate of drug-likeness (QED) is 0.918. The number of nitrogens with zero attached hydrogens (tertiary/aromatic N) is 1. The molecule has 0 spiro atoms. The Balaban J connectivity index is 1.95. The number of hydrogen-bond donors (Lipinski definition) is 1. The topological polar surface area (TPSA) is 46.3 Å². The average molecular weight is 286 g/mol. The van der Waals surface area contributed by atoms with Gasteiger partial charge in [0.1, 0.15) is 5.82 Å². The van der Waals surface area contributed by atoms with Crippen molar-refractivity contribution in [2.24, 2.45) is 5.73 Å². The lowest BCUT2D eigenvalue weighted by atomic mass is 10.0. The van der Waals surface area contributed by atoms with E-state index in [0.717, 1.165) is 12.0 Å². The maximum Gasteiger partial charge on any atom is 0.243 e. The molecule has 0 aliphatic heterocycles. The van der Waals surface area contributed by atoms with Crippen LogP contribution in [0.1, 0.15) is 12.0 Å². The number of amides is 1. The second-order valence-electron chi connectivity index (χ2n) is 5.01. The van der Waals surface area contributed by atoms with E-state index in [0.29, 0.717) is 12.1 Å². The minimum atomic E-state index is -0.599. The summed E-state index contributed by atoms with van der Waals surface area (Å²) in [6, 6.07) is 15.2. The van der Waals surface area contributed by atoms with Crippen molar-refractivity contribution in [3.8, 4) is 0 Å². The normalized spacial score (nSPS) is 12.0. The predicted molar refractivity (Wildman–Crippen MR) is 82.5 cm³/mol. The molecule has 21 heavy (non-hydrogen) atoms. The molecule has 2 rings (SSSR count). The molecule has 0 fully saturated rings. The van der Waals surface area contributed by atoms with Crippen molar-refractivity contribution in [3.05, 3.63) is 66.0 Å². The van der Waals surface area contributed by atoms with Gasteiger partial charge in [0, 0.05) is 12.7 Å². The molecule has 0 bridgehead atoms. The SMILES string of the molecule is CN(C(=O)C(N)CCc1ccccc1)c1cccc(F)c1. The molecule has 0 saturated heterocycles. The maximum atomic E-state index is 13.2. The first kappa shape index (κ1) is 15.2. The molecule has 0 aliphatic carbocycles. The van der Waals surface area contributed by atoms with E-state index < -0.39 is 6.04 Å². The third-order valence-electron chi connectivity index (χ3n) is 3.43. The van der Waals surface area contributed by atoms with Crippen LogP contribution in [0, 0.1) is 5.82 Å². The molecule has 0 saturated carbocycles. The van der Waals surface area contributed by atoms with Crippen molar-refractivity contribution >= 4 is 11.6 Å². The summed E-state index contributed by atoms with van der Waals surface area (Å²) in [7, 11) is 1.61. The summed E-state index contributed by atoms with van der Waals surface area (Å²) >= 11 is 0. The van der Waals surface area contributed by atoms with Crippen molar-refractivity contribution < 1.29 is 9.18 Å². The molecule has 2 N–H and O–H groups in total. The molecule has 1 unspecified atom stereocenters. The highest BCUT2D eigenvalue weighted by atomic mass is 19.1. The van der Waals surface area contributed by atoms with Gasteiger partial charge in [-0.2, -0.15) is 0 Å². The van der Waals surface area contributed by atoms with Gasteiger partial charge in [0.15, 0.2) is 0 Å². The first-order chi connectivity index (χ1) is 10.1. The molecule has 2 aromatic carbocycles. The molecular formula is C17H19FN2O. The number of anilines is 1. The Morgan fingerprint density at radius 3 is 2.57 bits per heavy atom. The van der Waals surface area contributed by atoms with Crippen LogP contribution in [0.5, 0.6) is 0 Å². The number of likely N-dealkylation sites (N-methyl/N-ethyl adjacent to an activating group) is 1. The Morgan fingerprint density at radius 2 is 1.90 bits per heavy atom. The molecule has 4 heteroatoms. The van der Waals surface area contributed by atoms with Crippen LogP contribution in [0.2, 0.25) is 0 Å². The summed E-state index contributed by atoms with van der Waals surface area (Å²) in [6.45, 7) is 0. The monoisotopic (exact) mass is 286 g/mol. The fraction of sp³-hybridized carbons (Fsp3) is 0.235.